The third kappa shape index (κ3) is 3.29. The number of hydrogen-bond acceptors (Lipinski definition) is 4. The van der Waals surface area contributed by atoms with Crippen molar-refractivity contribution in [2.24, 2.45) is 11.8 Å². The van der Waals surface area contributed by atoms with E-state index >= 15 is 0 Å². The average Bonchev–Trinajstić information content (AvgIpc) is 2.45. The molecule has 2 atom stereocenters. The summed E-state index contributed by atoms with van der Waals surface area (Å²) < 4.78 is 38.1. The summed E-state index contributed by atoms with van der Waals surface area (Å²) in [5, 5.41) is 22.0. The van der Waals surface area contributed by atoms with Crippen LogP contribution in [0.3, 0.4) is 0 Å². The van der Waals surface area contributed by atoms with Crippen molar-refractivity contribution in [1.29, 1.82) is 0 Å². The van der Waals surface area contributed by atoms with Gasteiger partial charge in [0.2, 0.25) is 0 Å². The highest BCUT2D eigenvalue weighted by atomic mass is 19.4. The van der Waals surface area contributed by atoms with Crippen molar-refractivity contribution in [3.8, 4) is 0 Å². The lowest BCUT2D eigenvalue weighted by Gasteiger charge is -2.33. The van der Waals surface area contributed by atoms with E-state index in [9.17, 15) is 33.0 Å². The Morgan fingerprint density at radius 3 is 2.27 bits per heavy atom. The lowest BCUT2D eigenvalue weighted by molar-refractivity contribution is -0.326. The van der Waals surface area contributed by atoms with Gasteiger partial charge < -0.3 is 19.8 Å². The minimum atomic E-state index is -4.51. The maximum absolute atomic E-state index is 12.7. The number of hydrogen-bond donors (Lipinski definition) is 0. The second-order valence-electron chi connectivity index (χ2n) is 5.10. The zero-order chi connectivity index (χ0) is 16.5. The van der Waals surface area contributed by atoms with Crippen molar-refractivity contribution in [3.05, 3.63) is 41.5 Å². The minimum absolute atomic E-state index is 0.118. The van der Waals surface area contributed by atoms with E-state index in [2.05, 4.69) is 0 Å². The molecule has 0 amide bonds. The first-order valence-corrected chi connectivity index (χ1v) is 6.48. The van der Waals surface area contributed by atoms with E-state index in [0.717, 1.165) is 12.1 Å². The highest BCUT2D eigenvalue weighted by Gasteiger charge is 2.32. The van der Waals surface area contributed by atoms with Crippen LogP contribution in [0.4, 0.5) is 13.2 Å². The van der Waals surface area contributed by atoms with Crippen molar-refractivity contribution < 1.29 is 33.0 Å². The van der Waals surface area contributed by atoms with Gasteiger partial charge in [0.1, 0.15) is 0 Å². The normalized spacial score (nSPS) is 22.0. The summed E-state index contributed by atoms with van der Waals surface area (Å²) in [7, 11) is 0. The topological polar surface area (TPSA) is 80.3 Å². The number of aliphatic carboxylic acids is 2. The van der Waals surface area contributed by atoms with Crippen LogP contribution in [0.1, 0.15) is 24.0 Å². The van der Waals surface area contributed by atoms with E-state index in [1.807, 2.05) is 0 Å². The van der Waals surface area contributed by atoms with E-state index in [1.54, 1.807) is 0 Å². The van der Waals surface area contributed by atoms with E-state index in [4.69, 9.17) is 0 Å². The highest BCUT2D eigenvalue weighted by Crippen LogP contribution is 2.37. The Morgan fingerprint density at radius 1 is 1.09 bits per heavy atom. The number of carboxylic acids is 2. The molecule has 0 saturated heterocycles. The molecular weight excluding hydrogens is 301 g/mol. The van der Waals surface area contributed by atoms with Crippen LogP contribution in [0.5, 0.6) is 0 Å². The number of halogens is 3. The Bertz CT molecular complexity index is 634. The van der Waals surface area contributed by atoms with Crippen LogP contribution in [0.15, 0.2) is 30.3 Å². The molecule has 0 N–H and O–H groups in total. The maximum atomic E-state index is 12.7. The van der Waals surface area contributed by atoms with Crippen molar-refractivity contribution in [2.75, 3.05) is 0 Å². The van der Waals surface area contributed by atoms with Gasteiger partial charge >= 0.3 is 6.18 Å². The smallest absolute Gasteiger partial charge is 0.416 e. The summed E-state index contributed by atoms with van der Waals surface area (Å²) in [4.78, 5) is 22.0. The molecule has 0 bridgehead atoms. The summed E-state index contributed by atoms with van der Waals surface area (Å²) in [5.41, 5.74) is -0.270. The molecule has 4 nitrogen and oxygen atoms in total. The first kappa shape index (κ1) is 16.1. The van der Waals surface area contributed by atoms with Gasteiger partial charge in [-0.3, -0.25) is 0 Å². The van der Waals surface area contributed by atoms with Gasteiger partial charge in [-0.1, -0.05) is 18.2 Å². The van der Waals surface area contributed by atoms with Crippen LogP contribution in [-0.4, -0.2) is 11.9 Å². The first-order chi connectivity index (χ1) is 10.2. The fraction of sp³-hybridized carbons (Fsp3) is 0.333. The van der Waals surface area contributed by atoms with Gasteiger partial charge in [0, 0.05) is 23.8 Å². The quantitative estimate of drug-likeness (QED) is 0.819. The molecule has 7 heteroatoms. The van der Waals surface area contributed by atoms with Crippen LogP contribution in [0.2, 0.25) is 0 Å². The van der Waals surface area contributed by atoms with Crippen LogP contribution < -0.4 is 10.2 Å². The van der Waals surface area contributed by atoms with Crippen LogP contribution in [0.25, 0.3) is 5.57 Å². The molecule has 1 aromatic carbocycles. The minimum Gasteiger partial charge on any atom is -0.550 e. The zero-order valence-electron chi connectivity index (χ0n) is 11.2. The Labute approximate surface area is 123 Å². The molecule has 2 unspecified atom stereocenters. The van der Waals surface area contributed by atoms with Gasteiger partial charge in [0.15, 0.2) is 0 Å². The Hall–Kier alpha value is -2.31. The molecule has 22 heavy (non-hydrogen) atoms. The summed E-state index contributed by atoms with van der Waals surface area (Å²) >= 11 is 0. The number of rotatable bonds is 3. The molecule has 0 fully saturated rings. The lowest BCUT2D eigenvalue weighted by Crippen LogP contribution is -2.45. The molecule has 1 aliphatic rings. The third-order valence-corrected chi connectivity index (χ3v) is 3.71. The molecule has 0 heterocycles. The molecule has 118 valence electrons. The lowest BCUT2D eigenvalue weighted by atomic mass is 9.77. The highest BCUT2D eigenvalue weighted by molar-refractivity contribution is 5.82. The monoisotopic (exact) mass is 312 g/mol. The van der Waals surface area contributed by atoms with E-state index in [1.165, 1.54) is 18.2 Å². The number of carbonyl (C=O) groups is 2. The maximum Gasteiger partial charge on any atom is 0.416 e. The summed E-state index contributed by atoms with van der Waals surface area (Å²) in [5.74, 6) is -5.61. The van der Waals surface area contributed by atoms with Crippen LogP contribution >= 0.6 is 0 Å². The predicted octanol–water partition coefficient (Wildman–Crippen LogP) is 0.615. The van der Waals surface area contributed by atoms with E-state index in [-0.39, 0.29) is 18.4 Å². The number of allylic oxidation sites excluding steroid dienone is 2. The van der Waals surface area contributed by atoms with Gasteiger partial charge in [0.05, 0.1) is 5.56 Å². The molecular formula is C15H11F3O4-2. The predicted molar refractivity (Wildman–Crippen MR) is 65.6 cm³/mol. The molecule has 0 saturated carbocycles. The summed E-state index contributed by atoms with van der Waals surface area (Å²) in [6, 6.07) is 4.47. The standard InChI is InChI=1S/C15H13F3O4/c16-15(17,18)10-3-1-2-8(6-10)9-4-5-11(13(19)20)12(7-9)14(21)22/h1-4,6,11-12H,5,7H2,(H,19,20)(H,21,22)/p-2. The van der Waals surface area contributed by atoms with Crippen molar-refractivity contribution >= 4 is 17.5 Å². The molecule has 1 aromatic rings. The van der Waals surface area contributed by atoms with E-state index in [0.29, 0.717) is 5.57 Å². The van der Waals surface area contributed by atoms with Gasteiger partial charge in [-0.2, -0.15) is 13.2 Å². The molecule has 2 rings (SSSR count). The fourth-order valence-corrected chi connectivity index (χ4v) is 2.54. The second-order valence-corrected chi connectivity index (χ2v) is 5.10. The Kier molecular flexibility index (Phi) is 4.25. The summed E-state index contributed by atoms with van der Waals surface area (Å²) in [6.45, 7) is 0. The number of alkyl halides is 3. The second kappa shape index (κ2) is 5.82. The van der Waals surface area contributed by atoms with Crippen LogP contribution in [0, 0.1) is 11.8 Å². The van der Waals surface area contributed by atoms with Crippen molar-refractivity contribution in [1.82, 2.24) is 0 Å². The first-order valence-electron chi connectivity index (χ1n) is 6.48. The van der Waals surface area contributed by atoms with E-state index < -0.39 is 35.5 Å². The fourth-order valence-electron chi connectivity index (χ4n) is 2.54. The Balaban J connectivity index is 2.34. The van der Waals surface area contributed by atoms with Gasteiger partial charge in [-0.15, -0.1) is 0 Å². The largest absolute Gasteiger partial charge is 0.550 e. The SMILES string of the molecule is O=C([O-])C1CC=C(c2cccc(C(F)(F)F)c2)CC1C(=O)[O-]. The average molecular weight is 312 g/mol. The van der Waals surface area contributed by atoms with Gasteiger partial charge in [-0.05, 0) is 36.1 Å². The summed E-state index contributed by atoms with van der Waals surface area (Å²) in [6.07, 6.45) is -3.39. The third-order valence-electron chi connectivity index (χ3n) is 3.71. The molecule has 0 aromatic heterocycles. The van der Waals surface area contributed by atoms with Gasteiger partial charge in [-0.25, -0.2) is 0 Å². The molecule has 0 aliphatic heterocycles. The van der Waals surface area contributed by atoms with Crippen LogP contribution in [-0.2, 0) is 15.8 Å². The number of benzene rings is 1. The van der Waals surface area contributed by atoms with Crippen molar-refractivity contribution in [2.45, 2.75) is 19.0 Å². The molecule has 0 radical (unpaired) electrons. The molecule has 0 spiro atoms. The Morgan fingerprint density at radius 2 is 1.73 bits per heavy atom. The number of carboxylic acid groups (broad SMARTS) is 2. The number of carbonyl (C=O) groups excluding carboxylic acids is 2. The van der Waals surface area contributed by atoms with Gasteiger partial charge in [0.25, 0.3) is 0 Å². The van der Waals surface area contributed by atoms with Crippen molar-refractivity contribution in [3.63, 3.8) is 0 Å². The zero-order valence-corrected chi connectivity index (χ0v) is 11.2. The molecule has 1 aliphatic carbocycles.